The van der Waals surface area contributed by atoms with Crippen LogP contribution in [0.5, 0.6) is 0 Å². The molecule has 1 saturated heterocycles. The topological polar surface area (TPSA) is 60.0 Å². The molecule has 0 aliphatic carbocycles. The van der Waals surface area contributed by atoms with Crippen molar-refractivity contribution in [3.05, 3.63) is 30.1 Å². The molecule has 0 spiro atoms. The lowest BCUT2D eigenvalue weighted by Crippen LogP contribution is -2.49. The van der Waals surface area contributed by atoms with Gasteiger partial charge in [-0.15, -0.1) is 24.0 Å². The average molecular weight is 545 g/mol. The molecule has 0 aromatic heterocycles. The molecule has 170 valence electrons. The number of alkyl halides is 3. The van der Waals surface area contributed by atoms with Crippen molar-refractivity contribution < 1.29 is 22.4 Å². The van der Waals surface area contributed by atoms with Gasteiger partial charge in [0.15, 0.2) is 5.96 Å². The van der Waals surface area contributed by atoms with Crippen molar-refractivity contribution >= 4 is 41.5 Å². The van der Waals surface area contributed by atoms with Crippen molar-refractivity contribution in [3.63, 3.8) is 0 Å². The summed E-state index contributed by atoms with van der Waals surface area (Å²) in [5, 5.41) is 6.23. The van der Waals surface area contributed by atoms with Gasteiger partial charge in [-0.1, -0.05) is 6.07 Å². The van der Waals surface area contributed by atoms with Gasteiger partial charge >= 0.3 is 6.18 Å². The predicted octanol–water partition coefficient (Wildman–Crippen LogP) is 2.99. The van der Waals surface area contributed by atoms with Crippen LogP contribution in [0.3, 0.4) is 0 Å². The maximum absolute atomic E-state index is 13.4. The van der Waals surface area contributed by atoms with E-state index in [1.54, 1.807) is 6.07 Å². The molecule has 1 heterocycles. The van der Waals surface area contributed by atoms with Gasteiger partial charge in [0.25, 0.3) is 0 Å². The van der Waals surface area contributed by atoms with E-state index in [9.17, 15) is 22.4 Å². The van der Waals surface area contributed by atoms with Crippen molar-refractivity contribution in [1.29, 1.82) is 0 Å². The molecule has 1 aliphatic rings. The van der Waals surface area contributed by atoms with Crippen LogP contribution in [0.25, 0.3) is 0 Å². The second-order valence-electron chi connectivity index (χ2n) is 6.95. The SMILES string of the molecule is CCNC(=NCC(=O)N(C)CC(F)(F)F)NC1CCN(c2cccc(F)c2)CC1.I. The van der Waals surface area contributed by atoms with Crippen molar-refractivity contribution in [2.75, 3.05) is 44.7 Å². The lowest BCUT2D eigenvalue weighted by atomic mass is 10.0. The maximum Gasteiger partial charge on any atom is 0.406 e. The first kappa shape index (κ1) is 26.2. The second kappa shape index (κ2) is 12.2. The number of carbonyl (C=O) groups is 1. The molecule has 11 heteroatoms. The van der Waals surface area contributed by atoms with Gasteiger partial charge in [-0.05, 0) is 38.0 Å². The summed E-state index contributed by atoms with van der Waals surface area (Å²) >= 11 is 0. The van der Waals surface area contributed by atoms with Crippen LogP contribution in [0.1, 0.15) is 19.8 Å². The number of anilines is 1. The molecule has 0 radical (unpaired) electrons. The fourth-order valence-electron chi connectivity index (χ4n) is 3.09. The highest BCUT2D eigenvalue weighted by Crippen LogP contribution is 2.20. The van der Waals surface area contributed by atoms with E-state index in [0.717, 1.165) is 38.7 Å². The van der Waals surface area contributed by atoms with Gasteiger partial charge in [-0.3, -0.25) is 4.79 Å². The summed E-state index contributed by atoms with van der Waals surface area (Å²) in [6.07, 6.45) is -2.88. The zero-order chi connectivity index (χ0) is 21.4. The highest BCUT2D eigenvalue weighted by Gasteiger charge is 2.31. The first-order chi connectivity index (χ1) is 13.7. The highest BCUT2D eigenvalue weighted by atomic mass is 127. The Balaban J connectivity index is 0.00000450. The predicted molar refractivity (Wildman–Crippen MR) is 120 cm³/mol. The van der Waals surface area contributed by atoms with Gasteiger partial charge < -0.3 is 20.4 Å². The van der Waals surface area contributed by atoms with Crippen molar-refractivity contribution in [3.8, 4) is 0 Å². The number of nitrogens with one attached hydrogen (secondary N) is 2. The Morgan fingerprint density at radius 3 is 2.53 bits per heavy atom. The summed E-state index contributed by atoms with van der Waals surface area (Å²) in [5.41, 5.74) is 0.835. The number of halogens is 5. The van der Waals surface area contributed by atoms with Crippen molar-refractivity contribution in [2.45, 2.75) is 32.0 Å². The number of piperidine rings is 1. The van der Waals surface area contributed by atoms with Crippen LogP contribution in [0.2, 0.25) is 0 Å². The molecule has 2 rings (SSSR count). The van der Waals surface area contributed by atoms with Crippen LogP contribution in [0.4, 0.5) is 23.2 Å². The molecule has 2 N–H and O–H groups in total. The van der Waals surface area contributed by atoms with Crippen LogP contribution in [0, 0.1) is 5.82 Å². The Kier molecular flexibility index (Phi) is 10.6. The lowest BCUT2D eigenvalue weighted by molar-refractivity contribution is -0.157. The van der Waals surface area contributed by atoms with E-state index in [1.807, 2.05) is 13.0 Å². The Hall–Kier alpha value is -1.79. The Morgan fingerprint density at radius 1 is 1.30 bits per heavy atom. The molecule has 1 amide bonds. The molecule has 1 fully saturated rings. The number of hydrogen-bond donors (Lipinski definition) is 2. The molecular formula is C19H28F4IN5O. The van der Waals surface area contributed by atoms with E-state index in [-0.39, 0.29) is 42.4 Å². The number of aliphatic imine (C=N–C) groups is 1. The second-order valence-corrected chi connectivity index (χ2v) is 6.95. The summed E-state index contributed by atoms with van der Waals surface area (Å²) in [6, 6.07) is 6.55. The minimum absolute atomic E-state index is 0. The summed E-state index contributed by atoms with van der Waals surface area (Å²) in [4.78, 5) is 18.7. The van der Waals surface area contributed by atoms with E-state index in [2.05, 4.69) is 20.5 Å². The van der Waals surface area contributed by atoms with Crippen LogP contribution < -0.4 is 15.5 Å². The third-order valence-electron chi connectivity index (χ3n) is 4.57. The average Bonchev–Trinajstić information content (AvgIpc) is 2.65. The molecule has 0 atom stereocenters. The van der Waals surface area contributed by atoms with E-state index in [4.69, 9.17) is 0 Å². The fraction of sp³-hybridized carbons (Fsp3) is 0.579. The minimum atomic E-state index is -4.44. The zero-order valence-electron chi connectivity index (χ0n) is 17.0. The first-order valence-electron chi connectivity index (χ1n) is 9.54. The molecule has 1 aromatic rings. The third kappa shape index (κ3) is 8.92. The summed E-state index contributed by atoms with van der Waals surface area (Å²) < 4.78 is 50.6. The van der Waals surface area contributed by atoms with Crippen LogP contribution >= 0.6 is 24.0 Å². The molecule has 0 saturated carbocycles. The van der Waals surface area contributed by atoms with Crippen LogP contribution in [-0.2, 0) is 4.79 Å². The Bertz CT molecular complexity index is 708. The third-order valence-corrected chi connectivity index (χ3v) is 4.57. The maximum atomic E-state index is 13.4. The van der Waals surface area contributed by atoms with Crippen LogP contribution in [-0.4, -0.2) is 68.8 Å². The molecule has 30 heavy (non-hydrogen) atoms. The standard InChI is InChI=1S/C19H27F4N5O.HI/c1-3-24-18(25-12-17(29)27(2)13-19(21,22)23)26-15-7-9-28(10-8-15)16-6-4-5-14(20)11-16;/h4-6,11,15H,3,7-10,12-13H2,1-2H3,(H2,24,25,26);1H. The van der Waals surface area contributed by atoms with Gasteiger partial charge in [0.1, 0.15) is 18.9 Å². The smallest absolute Gasteiger partial charge is 0.371 e. The summed E-state index contributed by atoms with van der Waals surface area (Å²) in [6.45, 7) is 2.21. The summed E-state index contributed by atoms with van der Waals surface area (Å²) in [5.74, 6) is -0.588. The van der Waals surface area contributed by atoms with Crippen molar-refractivity contribution in [2.24, 2.45) is 4.99 Å². The number of benzene rings is 1. The highest BCUT2D eigenvalue weighted by molar-refractivity contribution is 14.0. The van der Waals surface area contributed by atoms with Gasteiger partial charge in [0, 0.05) is 38.4 Å². The fourth-order valence-corrected chi connectivity index (χ4v) is 3.09. The van der Waals surface area contributed by atoms with E-state index in [1.165, 1.54) is 12.1 Å². The largest absolute Gasteiger partial charge is 0.406 e. The van der Waals surface area contributed by atoms with Gasteiger partial charge in [0.05, 0.1) is 0 Å². The number of carbonyl (C=O) groups excluding carboxylic acids is 1. The van der Waals surface area contributed by atoms with Crippen LogP contribution in [0.15, 0.2) is 29.3 Å². The Labute approximate surface area is 191 Å². The number of nitrogens with zero attached hydrogens (tertiary/aromatic N) is 3. The van der Waals surface area contributed by atoms with Gasteiger partial charge in [-0.2, -0.15) is 13.2 Å². The number of likely N-dealkylation sites (N-methyl/N-ethyl adjacent to an activating group) is 1. The lowest BCUT2D eigenvalue weighted by Gasteiger charge is -2.34. The zero-order valence-corrected chi connectivity index (χ0v) is 19.3. The van der Waals surface area contributed by atoms with Gasteiger partial charge in [-0.25, -0.2) is 9.38 Å². The van der Waals surface area contributed by atoms with Gasteiger partial charge in [0.2, 0.25) is 5.91 Å². The minimum Gasteiger partial charge on any atom is -0.371 e. The van der Waals surface area contributed by atoms with E-state index < -0.39 is 18.6 Å². The normalized spacial score (nSPS) is 15.4. The van der Waals surface area contributed by atoms with E-state index >= 15 is 0 Å². The molecule has 0 bridgehead atoms. The number of guanidine groups is 1. The first-order valence-corrected chi connectivity index (χ1v) is 9.54. The number of rotatable bonds is 6. The summed E-state index contributed by atoms with van der Waals surface area (Å²) in [7, 11) is 1.10. The van der Waals surface area contributed by atoms with Crippen molar-refractivity contribution in [1.82, 2.24) is 15.5 Å². The number of amides is 1. The van der Waals surface area contributed by atoms with E-state index in [0.29, 0.717) is 17.4 Å². The monoisotopic (exact) mass is 545 g/mol. The molecule has 0 unspecified atom stereocenters. The molecule has 1 aliphatic heterocycles. The molecule has 6 nitrogen and oxygen atoms in total. The quantitative estimate of drug-likeness (QED) is 0.250. The number of hydrogen-bond acceptors (Lipinski definition) is 3. The molecular weight excluding hydrogens is 517 g/mol. The molecule has 1 aromatic carbocycles. The Morgan fingerprint density at radius 2 is 1.97 bits per heavy atom.